The fraction of sp³-hybridized carbons (Fsp3) is 1.00. The highest BCUT2D eigenvalue weighted by molar-refractivity contribution is 4.67. The molecule has 1 unspecified atom stereocenters. The summed E-state index contributed by atoms with van der Waals surface area (Å²) in [6.07, 6.45) is 1.73. The van der Waals surface area contributed by atoms with Crippen LogP contribution in [0.5, 0.6) is 0 Å². The maximum Gasteiger partial charge on any atom is 0.0644 e. The van der Waals surface area contributed by atoms with Crippen molar-refractivity contribution in [3.8, 4) is 0 Å². The van der Waals surface area contributed by atoms with Crippen LogP contribution in [-0.2, 0) is 9.47 Å². The molecule has 0 heterocycles. The maximum atomic E-state index is 9.04. The summed E-state index contributed by atoms with van der Waals surface area (Å²) < 4.78 is 10.8. The van der Waals surface area contributed by atoms with Gasteiger partial charge in [-0.05, 0) is 33.2 Å². The van der Waals surface area contributed by atoms with E-state index in [2.05, 4.69) is 5.32 Å². The molecule has 2 N–H and O–H groups in total. The van der Waals surface area contributed by atoms with Crippen molar-refractivity contribution in [2.75, 3.05) is 33.5 Å². The first-order chi connectivity index (χ1) is 7.55. The van der Waals surface area contributed by atoms with Crippen molar-refractivity contribution >= 4 is 0 Å². The number of hydrogen-bond donors (Lipinski definition) is 2. The zero-order valence-electron chi connectivity index (χ0n) is 11.1. The lowest BCUT2D eigenvalue weighted by Gasteiger charge is -2.22. The number of ether oxygens (including phenoxy) is 2. The van der Waals surface area contributed by atoms with Crippen LogP contribution < -0.4 is 5.32 Å². The monoisotopic (exact) mass is 233 g/mol. The van der Waals surface area contributed by atoms with Gasteiger partial charge in [0.1, 0.15) is 0 Å². The van der Waals surface area contributed by atoms with Crippen LogP contribution in [0, 0.1) is 0 Å². The number of nitrogens with one attached hydrogen (secondary N) is 1. The molecule has 0 saturated heterocycles. The number of likely N-dealkylation sites (N-methyl/N-ethyl adjacent to an activating group) is 1. The van der Waals surface area contributed by atoms with Crippen LogP contribution in [0.2, 0.25) is 0 Å². The van der Waals surface area contributed by atoms with Crippen molar-refractivity contribution in [3.05, 3.63) is 0 Å². The van der Waals surface area contributed by atoms with Crippen molar-refractivity contribution in [1.82, 2.24) is 5.32 Å². The maximum absolute atomic E-state index is 9.04. The molecule has 0 amide bonds. The molecule has 0 aliphatic heterocycles. The average Bonchev–Trinajstić information content (AvgIpc) is 2.27. The molecule has 0 aromatic rings. The Hall–Kier alpha value is -0.160. The molecular weight excluding hydrogens is 206 g/mol. The number of methoxy groups -OCH3 is 1. The van der Waals surface area contributed by atoms with Crippen LogP contribution in [0.15, 0.2) is 0 Å². The predicted octanol–water partition coefficient (Wildman–Crippen LogP) is 1.18. The lowest BCUT2D eigenvalue weighted by Crippen LogP contribution is -2.33. The Bertz CT molecular complexity index is 162. The molecule has 0 aliphatic carbocycles. The van der Waals surface area contributed by atoms with Crippen LogP contribution >= 0.6 is 0 Å². The molecule has 0 spiro atoms. The molecule has 98 valence electrons. The summed E-state index contributed by atoms with van der Waals surface area (Å²) in [5.41, 5.74) is -0.113. The second-order valence-corrected chi connectivity index (χ2v) is 4.55. The third-order valence-corrected chi connectivity index (χ3v) is 2.72. The second kappa shape index (κ2) is 8.93. The van der Waals surface area contributed by atoms with E-state index in [-0.39, 0.29) is 18.2 Å². The summed E-state index contributed by atoms with van der Waals surface area (Å²) in [6, 6.07) is 0.153. The molecule has 4 nitrogen and oxygen atoms in total. The van der Waals surface area contributed by atoms with Gasteiger partial charge in [-0.2, -0.15) is 0 Å². The zero-order chi connectivity index (χ0) is 12.4. The number of aliphatic hydroxyl groups excluding tert-OH is 1. The Labute approximate surface area is 99.3 Å². The summed E-state index contributed by atoms with van der Waals surface area (Å²) in [5.74, 6) is 0. The third-order valence-electron chi connectivity index (χ3n) is 2.72. The van der Waals surface area contributed by atoms with Crippen LogP contribution in [0.4, 0.5) is 0 Å². The van der Waals surface area contributed by atoms with Gasteiger partial charge in [0.25, 0.3) is 0 Å². The van der Waals surface area contributed by atoms with Crippen LogP contribution in [-0.4, -0.2) is 50.2 Å². The molecule has 0 aromatic carbocycles. The predicted molar refractivity (Wildman–Crippen MR) is 65.7 cm³/mol. The lowest BCUT2D eigenvalue weighted by atomic mass is 10.1. The summed E-state index contributed by atoms with van der Waals surface area (Å²) in [6.45, 7) is 8.55. The highest BCUT2D eigenvalue weighted by Gasteiger charge is 2.15. The van der Waals surface area contributed by atoms with Gasteiger partial charge >= 0.3 is 0 Å². The van der Waals surface area contributed by atoms with Gasteiger partial charge in [0.2, 0.25) is 0 Å². The summed E-state index contributed by atoms with van der Waals surface area (Å²) in [4.78, 5) is 0. The molecule has 0 fully saturated rings. The zero-order valence-corrected chi connectivity index (χ0v) is 11.1. The van der Waals surface area contributed by atoms with E-state index in [1.807, 2.05) is 20.8 Å². The number of rotatable bonds is 10. The highest BCUT2D eigenvalue weighted by Crippen LogP contribution is 2.12. The Morgan fingerprint density at radius 1 is 1.31 bits per heavy atom. The van der Waals surface area contributed by atoms with Crippen molar-refractivity contribution in [3.63, 3.8) is 0 Å². The van der Waals surface area contributed by atoms with Gasteiger partial charge in [0.15, 0.2) is 0 Å². The fourth-order valence-corrected chi connectivity index (χ4v) is 1.29. The van der Waals surface area contributed by atoms with Gasteiger partial charge in [-0.1, -0.05) is 6.92 Å². The van der Waals surface area contributed by atoms with E-state index in [4.69, 9.17) is 14.6 Å². The largest absolute Gasteiger partial charge is 0.395 e. The summed E-state index contributed by atoms with van der Waals surface area (Å²) in [5, 5.41) is 12.2. The summed E-state index contributed by atoms with van der Waals surface area (Å²) in [7, 11) is 1.72. The topological polar surface area (TPSA) is 50.7 Å². The molecular formula is C12H27NO3. The average molecular weight is 233 g/mol. The molecule has 16 heavy (non-hydrogen) atoms. The molecule has 0 saturated carbocycles. The molecule has 0 aliphatic rings. The smallest absolute Gasteiger partial charge is 0.0644 e. The highest BCUT2D eigenvalue weighted by atomic mass is 16.5. The lowest BCUT2D eigenvalue weighted by molar-refractivity contribution is -0.0111. The normalized spacial score (nSPS) is 14.1. The summed E-state index contributed by atoms with van der Waals surface area (Å²) >= 11 is 0. The van der Waals surface area contributed by atoms with Crippen LogP contribution in [0.25, 0.3) is 0 Å². The number of hydrogen-bond acceptors (Lipinski definition) is 4. The Balaban J connectivity index is 3.45. The van der Waals surface area contributed by atoms with Gasteiger partial charge in [0, 0.05) is 26.4 Å². The molecule has 0 rings (SSSR count). The Morgan fingerprint density at radius 2 is 2.00 bits per heavy atom. The molecule has 0 bridgehead atoms. The standard InChI is InChI=1S/C12H27NO3/c1-5-13-11(10-14)6-8-16-9-7-12(2,3)15-4/h11,13-14H,5-10H2,1-4H3. The first kappa shape index (κ1) is 15.8. The van der Waals surface area contributed by atoms with Crippen molar-refractivity contribution in [2.24, 2.45) is 0 Å². The van der Waals surface area contributed by atoms with Gasteiger partial charge < -0.3 is 19.9 Å². The van der Waals surface area contributed by atoms with Crippen LogP contribution in [0.1, 0.15) is 33.6 Å². The second-order valence-electron chi connectivity index (χ2n) is 4.55. The quantitative estimate of drug-likeness (QED) is 0.556. The van der Waals surface area contributed by atoms with E-state index >= 15 is 0 Å². The van der Waals surface area contributed by atoms with E-state index in [9.17, 15) is 0 Å². The first-order valence-corrected chi connectivity index (χ1v) is 6.03. The van der Waals surface area contributed by atoms with Gasteiger partial charge in [-0.3, -0.25) is 0 Å². The van der Waals surface area contributed by atoms with Crippen molar-refractivity contribution < 1.29 is 14.6 Å². The molecule has 0 radical (unpaired) electrons. The van der Waals surface area contributed by atoms with Crippen molar-refractivity contribution in [1.29, 1.82) is 0 Å². The molecule has 0 aromatic heterocycles. The van der Waals surface area contributed by atoms with E-state index in [0.29, 0.717) is 13.2 Å². The first-order valence-electron chi connectivity index (χ1n) is 6.03. The number of aliphatic hydroxyl groups is 1. The fourth-order valence-electron chi connectivity index (χ4n) is 1.29. The minimum atomic E-state index is -0.113. The van der Waals surface area contributed by atoms with Gasteiger partial charge in [0.05, 0.1) is 12.2 Å². The van der Waals surface area contributed by atoms with Gasteiger partial charge in [-0.15, -0.1) is 0 Å². The van der Waals surface area contributed by atoms with E-state index in [1.54, 1.807) is 7.11 Å². The molecule has 4 heteroatoms. The van der Waals surface area contributed by atoms with Crippen LogP contribution in [0.3, 0.4) is 0 Å². The minimum absolute atomic E-state index is 0.113. The van der Waals surface area contributed by atoms with Gasteiger partial charge in [-0.25, -0.2) is 0 Å². The van der Waals surface area contributed by atoms with E-state index in [1.165, 1.54) is 0 Å². The van der Waals surface area contributed by atoms with E-state index < -0.39 is 0 Å². The minimum Gasteiger partial charge on any atom is -0.395 e. The molecule has 1 atom stereocenters. The van der Waals surface area contributed by atoms with Crippen molar-refractivity contribution in [2.45, 2.75) is 45.3 Å². The third kappa shape index (κ3) is 8.05. The SMILES string of the molecule is CCNC(CO)CCOCCC(C)(C)OC. The Morgan fingerprint density at radius 3 is 2.50 bits per heavy atom. The Kier molecular flexibility index (Phi) is 8.84. The van der Waals surface area contributed by atoms with E-state index in [0.717, 1.165) is 19.4 Å².